The van der Waals surface area contributed by atoms with Gasteiger partial charge in [0.15, 0.2) is 0 Å². The van der Waals surface area contributed by atoms with Crippen molar-refractivity contribution in [3.63, 3.8) is 0 Å². The van der Waals surface area contributed by atoms with Gasteiger partial charge in [0, 0.05) is 11.3 Å². The zero-order valence-electron chi connectivity index (χ0n) is 9.27. The summed E-state index contributed by atoms with van der Waals surface area (Å²) in [5.41, 5.74) is 0.641. The SMILES string of the molecule is CNC(C(=O)O)c1csc(C2CCCC2)n1. The second kappa shape index (κ2) is 4.93. The van der Waals surface area contributed by atoms with Crippen LogP contribution in [0.25, 0.3) is 0 Å². The van der Waals surface area contributed by atoms with Crippen molar-refractivity contribution in [1.82, 2.24) is 10.3 Å². The van der Waals surface area contributed by atoms with Gasteiger partial charge in [-0.2, -0.15) is 0 Å². The predicted octanol–water partition coefficient (Wildman–Crippen LogP) is 2.15. The number of thiazole rings is 1. The van der Waals surface area contributed by atoms with Gasteiger partial charge in [-0.3, -0.25) is 4.79 Å². The summed E-state index contributed by atoms with van der Waals surface area (Å²) in [7, 11) is 1.65. The molecule has 0 radical (unpaired) electrons. The lowest BCUT2D eigenvalue weighted by molar-refractivity contribution is -0.139. The number of aliphatic carboxylic acids is 1. The van der Waals surface area contributed by atoms with Gasteiger partial charge in [-0.1, -0.05) is 12.8 Å². The van der Waals surface area contributed by atoms with Crippen molar-refractivity contribution in [1.29, 1.82) is 0 Å². The highest BCUT2D eigenvalue weighted by atomic mass is 32.1. The topological polar surface area (TPSA) is 62.2 Å². The monoisotopic (exact) mass is 240 g/mol. The molecule has 88 valence electrons. The molecule has 0 bridgehead atoms. The largest absolute Gasteiger partial charge is 0.480 e. The molecule has 2 rings (SSSR count). The van der Waals surface area contributed by atoms with Crippen molar-refractivity contribution in [3.8, 4) is 0 Å². The number of rotatable bonds is 4. The van der Waals surface area contributed by atoms with Crippen LogP contribution in [-0.4, -0.2) is 23.1 Å². The van der Waals surface area contributed by atoms with Crippen LogP contribution in [0.15, 0.2) is 5.38 Å². The molecule has 1 aromatic rings. The maximum absolute atomic E-state index is 11.0. The molecule has 2 N–H and O–H groups in total. The van der Waals surface area contributed by atoms with Crippen LogP contribution in [0.2, 0.25) is 0 Å². The third-order valence-electron chi connectivity index (χ3n) is 3.08. The minimum atomic E-state index is -0.870. The summed E-state index contributed by atoms with van der Waals surface area (Å²) < 4.78 is 0. The van der Waals surface area contributed by atoms with Crippen LogP contribution >= 0.6 is 11.3 Å². The first kappa shape index (κ1) is 11.5. The van der Waals surface area contributed by atoms with E-state index in [4.69, 9.17) is 5.11 Å². The fourth-order valence-corrected chi connectivity index (χ4v) is 3.21. The molecule has 0 saturated heterocycles. The summed E-state index contributed by atoms with van der Waals surface area (Å²) in [4.78, 5) is 15.4. The minimum Gasteiger partial charge on any atom is -0.480 e. The lowest BCUT2D eigenvalue weighted by Gasteiger charge is -2.08. The van der Waals surface area contributed by atoms with E-state index in [-0.39, 0.29) is 0 Å². The number of nitrogens with zero attached hydrogens (tertiary/aromatic N) is 1. The molecular weight excluding hydrogens is 224 g/mol. The van der Waals surface area contributed by atoms with E-state index in [1.165, 1.54) is 25.7 Å². The van der Waals surface area contributed by atoms with E-state index in [0.29, 0.717) is 11.6 Å². The molecule has 16 heavy (non-hydrogen) atoms. The molecule has 1 heterocycles. The van der Waals surface area contributed by atoms with Crippen LogP contribution < -0.4 is 5.32 Å². The van der Waals surface area contributed by atoms with Gasteiger partial charge in [0.05, 0.1) is 10.7 Å². The third kappa shape index (κ3) is 2.25. The molecule has 1 aliphatic rings. The van der Waals surface area contributed by atoms with Crippen molar-refractivity contribution in [2.24, 2.45) is 0 Å². The van der Waals surface area contributed by atoms with Gasteiger partial charge in [0.2, 0.25) is 0 Å². The van der Waals surface area contributed by atoms with Crippen LogP contribution in [0.3, 0.4) is 0 Å². The van der Waals surface area contributed by atoms with E-state index in [9.17, 15) is 4.79 Å². The van der Waals surface area contributed by atoms with E-state index in [1.807, 2.05) is 5.38 Å². The summed E-state index contributed by atoms with van der Waals surface area (Å²) in [6.45, 7) is 0. The van der Waals surface area contributed by atoms with Crippen molar-refractivity contribution < 1.29 is 9.90 Å². The predicted molar refractivity (Wildman–Crippen MR) is 62.8 cm³/mol. The Labute approximate surface area is 98.7 Å². The smallest absolute Gasteiger partial charge is 0.327 e. The Morgan fingerprint density at radius 1 is 1.62 bits per heavy atom. The summed E-state index contributed by atoms with van der Waals surface area (Å²) >= 11 is 1.59. The molecule has 5 heteroatoms. The molecule has 1 fully saturated rings. The molecule has 1 unspecified atom stereocenters. The van der Waals surface area contributed by atoms with Crippen molar-refractivity contribution in [2.75, 3.05) is 7.05 Å². The average Bonchev–Trinajstić information content (AvgIpc) is 2.86. The Morgan fingerprint density at radius 2 is 2.31 bits per heavy atom. The number of carboxylic acids is 1. The quantitative estimate of drug-likeness (QED) is 0.846. The normalized spacial score (nSPS) is 18.8. The van der Waals surface area contributed by atoms with Gasteiger partial charge in [0.1, 0.15) is 6.04 Å². The van der Waals surface area contributed by atoms with Gasteiger partial charge in [0.25, 0.3) is 0 Å². The molecule has 1 atom stereocenters. The van der Waals surface area contributed by atoms with Gasteiger partial charge in [-0.25, -0.2) is 4.98 Å². The van der Waals surface area contributed by atoms with Gasteiger partial charge in [-0.15, -0.1) is 11.3 Å². The third-order valence-corrected chi connectivity index (χ3v) is 4.10. The Bertz CT molecular complexity index is 372. The standard InChI is InChI=1S/C11H16N2O2S/c1-12-9(11(14)15)8-6-16-10(13-8)7-4-2-3-5-7/h6-7,9,12H,2-5H2,1H3,(H,14,15). The molecule has 1 aromatic heterocycles. The first-order chi connectivity index (χ1) is 7.72. The molecule has 0 aromatic carbocycles. The molecule has 1 aliphatic carbocycles. The molecule has 1 saturated carbocycles. The van der Waals surface area contributed by atoms with Crippen LogP contribution in [0.1, 0.15) is 48.3 Å². The summed E-state index contributed by atoms with van der Waals surface area (Å²) in [6.07, 6.45) is 4.94. The number of carboxylic acid groups (broad SMARTS) is 1. The van der Waals surface area contributed by atoms with Crippen molar-refractivity contribution in [2.45, 2.75) is 37.6 Å². The molecule has 0 aliphatic heterocycles. The Morgan fingerprint density at radius 3 is 2.88 bits per heavy atom. The van der Waals surface area contributed by atoms with Crippen LogP contribution in [0.5, 0.6) is 0 Å². The summed E-state index contributed by atoms with van der Waals surface area (Å²) in [5.74, 6) is -0.309. The second-order valence-electron chi connectivity index (χ2n) is 4.15. The van der Waals surface area contributed by atoms with Crippen LogP contribution in [0, 0.1) is 0 Å². The fourth-order valence-electron chi connectivity index (χ4n) is 2.19. The zero-order valence-corrected chi connectivity index (χ0v) is 10.1. The lowest BCUT2D eigenvalue weighted by Crippen LogP contribution is -2.25. The van der Waals surface area contributed by atoms with Crippen LogP contribution in [0.4, 0.5) is 0 Å². The van der Waals surface area contributed by atoms with Crippen molar-refractivity contribution in [3.05, 3.63) is 16.1 Å². The molecular formula is C11H16N2O2S. The Balaban J connectivity index is 2.14. The second-order valence-corrected chi connectivity index (χ2v) is 5.04. The number of nitrogens with one attached hydrogen (secondary N) is 1. The van der Waals surface area contributed by atoms with Crippen LogP contribution in [-0.2, 0) is 4.79 Å². The summed E-state index contributed by atoms with van der Waals surface area (Å²) in [6, 6.07) is -0.675. The zero-order chi connectivity index (χ0) is 11.5. The minimum absolute atomic E-state index is 0.560. The number of likely N-dealkylation sites (N-methyl/N-ethyl adjacent to an activating group) is 1. The average molecular weight is 240 g/mol. The molecule has 0 amide bonds. The Kier molecular flexibility index (Phi) is 3.56. The lowest BCUT2D eigenvalue weighted by atomic mass is 10.1. The van der Waals surface area contributed by atoms with Gasteiger partial charge >= 0.3 is 5.97 Å². The van der Waals surface area contributed by atoms with E-state index >= 15 is 0 Å². The van der Waals surface area contributed by atoms with Gasteiger partial charge < -0.3 is 10.4 Å². The number of carbonyl (C=O) groups is 1. The number of hydrogen-bond acceptors (Lipinski definition) is 4. The Hall–Kier alpha value is -0.940. The highest BCUT2D eigenvalue weighted by Gasteiger charge is 2.24. The number of hydrogen-bond donors (Lipinski definition) is 2. The highest BCUT2D eigenvalue weighted by Crippen LogP contribution is 2.36. The first-order valence-corrected chi connectivity index (χ1v) is 6.45. The van der Waals surface area contributed by atoms with Gasteiger partial charge in [-0.05, 0) is 19.9 Å². The van der Waals surface area contributed by atoms with E-state index in [2.05, 4.69) is 10.3 Å². The first-order valence-electron chi connectivity index (χ1n) is 5.57. The fraction of sp³-hybridized carbons (Fsp3) is 0.636. The van der Waals surface area contributed by atoms with E-state index in [1.54, 1.807) is 18.4 Å². The van der Waals surface area contributed by atoms with Crippen molar-refractivity contribution >= 4 is 17.3 Å². The van der Waals surface area contributed by atoms with E-state index < -0.39 is 12.0 Å². The number of aromatic nitrogens is 1. The molecule has 0 spiro atoms. The molecule has 4 nitrogen and oxygen atoms in total. The highest BCUT2D eigenvalue weighted by molar-refractivity contribution is 7.09. The maximum Gasteiger partial charge on any atom is 0.327 e. The van der Waals surface area contributed by atoms with E-state index in [0.717, 1.165) is 5.01 Å². The summed E-state index contributed by atoms with van der Waals surface area (Å²) in [5, 5.41) is 14.7. The maximum atomic E-state index is 11.0.